The fraction of sp³-hybridized carbons (Fsp3) is 0.278. The van der Waals surface area contributed by atoms with Gasteiger partial charge >= 0.3 is 0 Å². The number of sulfonamides is 1. The van der Waals surface area contributed by atoms with Crippen LogP contribution >= 0.6 is 0 Å². The molecule has 0 spiro atoms. The van der Waals surface area contributed by atoms with Crippen molar-refractivity contribution in [1.82, 2.24) is 10.0 Å². The van der Waals surface area contributed by atoms with Crippen LogP contribution < -0.4 is 14.8 Å². The lowest BCUT2D eigenvalue weighted by Gasteiger charge is -2.11. The largest absolute Gasteiger partial charge is 0.491 e. The quantitative estimate of drug-likeness (QED) is 0.792. The Morgan fingerprint density at radius 1 is 1.12 bits per heavy atom. The van der Waals surface area contributed by atoms with Gasteiger partial charge in [0.05, 0.1) is 11.0 Å². The minimum absolute atomic E-state index is 0.0470. The van der Waals surface area contributed by atoms with Gasteiger partial charge in [-0.1, -0.05) is 12.1 Å². The summed E-state index contributed by atoms with van der Waals surface area (Å²) in [5, 5.41) is 2.49. The summed E-state index contributed by atoms with van der Waals surface area (Å²) in [6.07, 6.45) is 0.0470. The highest BCUT2D eigenvalue weighted by molar-refractivity contribution is 7.89. The number of ether oxygens (including phenoxy) is 1. The Morgan fingerprint density at radius 2 is 1.80 bits per heavy atom. The van der Waals surface area contributed by atoms with E-state index in [1.165, 1.54) is 31.3 Å². The molecule has 0 aliphatic rings. The first-order valence-corrected chi connectivity index (χ1v) is 9.37. The molecule has 134 valence electrons. The molecule has 0 radical (unpaired) electrons. The maximum absolute atomic E-state index is 12.4. The smallest absolute Gasteiger partial charge is 0.251 e. The summed E-state index contributed by atoms with van der Waals surface area (Å²) in [6, 6.07) is 13.0. The number of rotatable bonds is 7. The van der Waals surface area contributed by atoms with Gasteiger partial charge in [0, 0.05) is 19.2 Å². The molecule has 0 aromatic heterocycles. The highest BCUT2D eigenvalue weighted by atomic mass is 32.2. The Balaban J connectivity index is 2.07. The van der Waals surface area contributed by atoms with Crippen LogP contribution in [0.5, 0.6) is 5.75 Å². The van der Waals surface area contributed by atoms with E-state index in [1.54, 1.807) is 6.07 Å². The van der Waals surface area contributed by atoms with Gasteiger partial charge in [0.1, 0.15) is 5.75 Å². The van der Waals surface area contributed by atoms with Crippen molar-refractivity contribution >= 4 is 15.9 Å². The Morgan fingerprint density at radius 3 is 2.40 bits per heavy atom. The van der Waals surface area contributed by atoms with Crippen molar-refractivity contribution in [2.45, 2.75) is 31.4 Å². The molecule has 2 aromatic rings. The van der Waals surface area contributed by atoms with Crippen molar-refractivity contribution < 1.29 is 17.9 Å². The lowest BCUT2D eigenvalue weighted by molar-refractivity contribution is 0.0963. The van der Waals surface area contributed by atoms with Crippen molar-refractivity contribution in [2.24, 2.45) is 0 Å². The molecule has 2 rings (SSSR count). The molecule has 0 atom stereocenters. The van der Waals surface area contributed by atoms with Crippen LogP contribution in [-0.4, -0.2) is 27.5 Å². The van der Waals surface area contributed by atoms with Crippen molar-refractivity contribution in [3.05, 3.63) is 59.7 Å². The Kier molecular flexibility index (Phi) is 6.17. The molecule has 0 unspecified atom stereocenters. The molecule has 6 nitrogen and oxygen atoms in total. The summed E-state index contributed by atoms with van der Waals surface area (Å²) in [5.41, 5.74) is 1.20. The van der Waals surface area contributed by atoms with Gasteiger partial charge in [-0.05, 0) is 55.8 Å². The standard InChI is InChI=1S/C18H22N2O4S/c1-13(2)24-16-6-4-5-14(11-16)12-20-25(22,23)17-9-7-15(8-10-17)18(21)19-3/h4-11,13,20H,12H2,1-3H3,(H,19,21). The van der Waals surface area contributed by atoms with Gasteiger partial charge in [0.2, 0.25) is 10.0 Å². The van der Waals surface area contributed by atoms with Gasteiger partial charge in [-0.15, -0.1) is 0 Å². The molecule has 1 amide bonds. The maximum Gasteiger partial charge on any atom is 0.251 e. The molecule has 0 saturated heterocycles. The molecule has 25 heavy (non-hydrogen) atoms. The van der Waals surface area contributed by atoms with Crippen LogP contribution in [0, 0.1) is 0 Å². The number of hydrogen-bond donors (Lipinski definition) is 2. The van der Waals surface area contributed by atoms with Crippen LogP contribution in [0.1, 0.15) is 29.8 Å². The topological polar surface area (TPSA) is 84.5 Å². The number of nitrogens with one attached hydrogen (secondary N) is 2. The zero-order chi connectivity index (χ0) is 18.4. The minimum atomic E-state index is -3.67. The lowest BCUT2D eigenvalue weighted by Crippen LogP contribution is -2.23. The molecule has 2 aromatic carbocycles. The highest BCUT2D eigenvalue weighted by Gasteiger charge is 2.14. The van der Waals surface area contributed by atoms with Gasteiger partial charge < -0.3 is 10.1 Å². The van der Waals surface area contributed by atoms with Gasteiger partial charge in [0.15, 0.2) is 0 Å². The summed E-state index contributed by atoms with van der Waals surface area (Å²) in [7, 11) is -2.15. The van der Waals surface area contributed by atoms with Gasteiger partial charge in [-0.2, -0.15) is 0 Å². The average Bonchev–Trinajstić information content (AvgIpc) is 2.59. The van der Waals surface area contributed by atoms with Crippen LogP contribution in [0.4, 0.5) is 0 Å². The maximum atomic E-state index is 12.4. The first-order valence-electron chi connectivity index (χ1n) is 7.89. The van der Waals surface area contributed by atoms with Crippen molar-refractivity contribution in [2.75, 3.05) is 7.05 Å². The number of carbonyl (C=O) groups excluding carboxylic acids is 1. The van der Waals surface area contributed by atoms with Crippen LogP contribution in [0.3, 0.4) is 0 Å². The predicted molar refractivity (Wildman–Crippen MR) is 96.1 cm³/mol. The second-order valence-electron chi connectivity index (χ2n) is 5.74. The number of amides is 1. The van der Waals surface area contributed by atoms with E-state index in [4.69, 9.17) is 4.74 Å². The molecule has 0 saturated carbocycles. The number of carbonyl (C=O) groups is 1. The minimum Gasteiger partial charge on any atom is -0.491 e. The zero-order valence-electron chi connectivity index (χ0n) is 14.4. The molecule has 0 aliphatic heterocycles. The second kappa shape index (κ2) is 8.13. The summed E-state index contributed by atoms with van der Waals surface area (Å²) in [6.45, 7) is 4.00. The lowest BCUT2D eigenvalue weighted by atomic mass is 10.2. The molecule has 2 N–H and O–H groups in total. The van der Waals surface area contributed by atoms with E-state index in [9.17, 15) is 13.2 Å². The molecule has 0 bridgehead atoms. The van der Waals surface area contributed by atoms with Gasteiger partial charge in [-0.3, -0.25) is 4.79 Å². The van der Waals surface area contributed by atoms with Crippen LogP contribution in [0.15, 0.2) is 53.4 Å². The van der Waals surface area contributed by atoms with E-state index in [-0.39, 0.29) is 23.5 Å². The van der Waals surface area contributed by atoms with Crippen molar-refractivity contribution in [3.8, 4) is 5.75 Å². The predicted octanol–water partition coefficient (Wildman–Crippen LogP) is 2.31. The third-order valence-electron chi connectivity index (χ3n) is 3.39. The fourth-order valence-electron chi connectivity index (χ4n) is 2.19. The number of benzene rings is 2. The summed E-state index contributed by atoms with van der Waals surface area (Å²) >= 11 is 0. The van der Waals surface area contributed by atoms with Gasteiger partial charge in [-0.25, -0.2) is 13.1 Å². The number of hydrogen-bond acceptors (Lipinski definition) is 4. The monoisotopic (exact) mass is 362 g/mol. The molecule has 0 heterocycles. The zero-order valence-corrected chi connectivity index (χ0v) is 15.3. The molecule has 0 fully saturated rings. The second-order valence-corrected chi connectivity index (χ2v) is 7.51. The molecular weight excluding hydrogens is 340 g/mol. The van der Waals surface area contributed by atoms with E-state index >= 15 is 0 Å². The van der Waals surface area contributed by atoms with E-state index < -0.39 is 10.0 Å². The fourth-order valence-corrected chi connectivity index (χ4v) is 3.21. The Labute approximate surface area is 148 Å². The molecular formula is C18H22N2O4S. The van der Waals surface area contributed by atoms with E-state index in [2.05, 4.69) is 10.0 Å². The van der Waals surface area contributed by atoms with E-state index in [1.807, 2.05) is 32.0 Å². The van der Waals surface area contributed by atoms with Crippen molar-refractivity contribution in [1.29, 1.82) is 0 Å². The van der Waals surface area contributed by atoms with Crippen molar-refractivity contribution in [3.63, 3.8) is 0 Å². The average molecular weight is 362 g/mol. The van der Waals surface area contributed by atoms with Crippen LogP contribution in [0.2, 0.25) is 0 Å². The molecule has 7 heteroatoms. The normalized spacial score (nSPS) is 11.4. The molecule has 0 aliphatic carbocycles. The van der Waals surface area contributed by atoms with E-state index in [0.717, 1.165) is 5.56 Å². The summed E-state index contributed by atoms with van der Waals surface area (Å²) in [4.78, 5) is 11.6. The Hall–Kier alpha value is -2.38. The SMILES string of the molecule is CNC(=O)c1ccc(S(=O)(=O)NCc2cccc(OC(C)C)c2)cc1. The van der Waals surface area contributed by atoms with Gasteiger partial charge in [0.25, 0.3) is 5.91 Å². The third-order valence-corrected chi connectivity index (χ3v) is 4.81. The van der Waals surface area contributed by atoms with Crippen LogP contribution in [-0.2, 0) is 16.6 Å². The van der Waals surface area contributed by atoms with E-state index in [0.29, 0.717) is 11.3 Å². The van der Waals surface area contributed by atoms with Crippen LogP contribution in [0.25, 0.3) is 0 Å². The first-order chi connectivity index (χ1) is 11.8. The third kappa shape index (κ3) is 5.30. The summed E-state index contributed by atoms with van der Waals surface area (Å²) < 4.78 is 32.9. The Bertz CT molecular complexity index is 830. The summed E-state index contributed by atoms with van der Waals surface area (Å²) in [5.74, 6) is 0.431. The first kappa shape index (κ1) is 19.0. The highest BCUT2D eigenvalue weighted by Crippen LogP contribution is 2.16.